The number of hydrogen-bond acceptors (Lipinski definition) is 4. The van der Waals surface area contributed by atoms with Gasteiger partial charge in [-0.05, 0) is 19.8 Å². The van der Waals surface area contributed by atoms with Crippen LogP contribution in [0.25, 0.3) is 11.4 Å². The van der Waals surface area contributed by atoms with Gasteiger partial charge in [-0.2, -0.15) is 0 Å². The zero-order valence-electron chi connectivity index (χ0n) is 11.5. The van der Waals surface area contributed by atoms with Gasteiger partial charge in [-0.15, -0.1) is 0 Å². The first-order valence-electron chi connectivity index (χ1n) is 6.99. The van der Waals surface area contributed by atoms with E-state index in [0.29, 0.717) is 11.7 Å². The Morgan fingerprint density at radius 2 is 1.95 bits per heavy atom. The van der Waals surface area contributed by atoms with Gasteiger partial charge in [0.05, 0.1) is 18.1 Å². The van der Waals surface area contributed by atoms with Crippen molar-refractivity contribution in [2.75, 3.05) is 5.73 Å². The van der Waals surface area contributed by atoms with Crippen LogP contribution in [0.15, 0.2) is 12.4 Å². The third-order valence-electron chi connectivity index (χ3n) is 3.93. The SMILES string of the molecule is Cc1ncc(-c2nc(N)ncc2F)n1C1CCCCC1. The van der Waals surface area contributed by atoms with Crippen LogP contribution in [0.2, 0.25) is 0 Å². The molecule has 0 atom stereocenters. The maximum atomic E-state index is 14.0. The van der Waals surface area contributed by atoms with E-state index in [4.69, 9.17) is 5.73 Å². The normalized spacial score (nSPS) is 16.5. The van der Waals surface area contributed by atoms with Crippen LogP contribution < -0.4 is 5.73 Å². The third kappa shape index (κ3) is 2.26. The second-order valence-corrected chi connectivity index (χ2v) is 5.28. The van der Waals surface area contributed by atoms with Gasteiger partial charge < -0.3 is 10.3 Å². The highest BCUT2D eigenvalue weighted by Gasteiger charge is 2.22. The van der Waals surface area contributed by atoms with E-state index in [9.17, 15) is 4.39 Å². The number of imidazole rings is 1. The quantitative estimate of drug-likeness (QED) is 0.915. The lowest BCUT2D eigenvalue weighted by molar-refractivity contribution is 0.350. The fraction of sp³-hybridized carbons (Fsp3) is 0.500. The fourth-order valence-electron chi connectivity index (χ4n) is 2.99. The van der Waals surface area contributed by atoms with Gasteiger partial charge in [-0.3, -0.25) is 0 Å². The second kappa shape index (κ2) is 5.19. The number of halogens is 1. The maximum absolute atomic E-state index is 14.0. The van der Waals surface area contributed by atoms with E-state index >= 15 is 0 Å². The molecule has 0 amide bonds. The predicted molar refractivity (Wildman–Crippen MR) is 74.5 cm³/mol. The van der Waals surface area contributed by atoms with Gasteiger partial charge in [-0.25, -0.2) is 19.3 Å². The van der Waals surface area contributed by atoms with E-state index < -0.39 is 5.82 Å². The van der Waals surface area contributed by atoms with Crippen molar-refractivity contribution >= 4 is 5.95 Å². The van der Waals surface area contributed by atoms with Gasteiger partial charge in [0.2, 0.25) is 5.95 Å². The van der Waals surface area contributed by atoms with Crippen LogP contribution in [0.4, 0.5) is 10.3 Å². The van der Waals surface area contributed by atoms with Crippen LogP contribution in [0, 0.1) is 12.7 Å². The molecule has 0 saturated heterocycles. The summed E-state index contributed by atoms with van der Waals surface area (Å²) in [5.41, 5.74) is 6.52. The first-order valence-corrected chi connectivity index (χ1v) is 6.99. The van der Waals surface area contributed by atoms with Crippen LogP contribution in [-0.4, -0.2) is 19.5 Å². The van der Waals surface area contributed by atoms with E-state index in [-0.39, 0.29) is 11.6 Å². The Balaban J connectivity index is 2.08. The molecule has 2 heterocycles. The molecule has 2 aromatic heterocycles. The van der Waals surface area contributed by atoms with Crippen molar-refractivity contribution in [2.24, 2.45) is 0 Å². The molecule has 0 radical (unpaired) electrons. The lowest BCUT2D eigenvalue weighted by Gasteiger charge is -2.26. The van der Waals surface area contributed by atoms with Gasteiger partial charge in [0.15, 0.2) is 5.82 Å². The summed E-state index contributed by atoms with van der Waals surface area (Å²) in [4.78, 5) is 12.1. The summed E-state index contributed by atoms with van der Waals surface area (Å²) in [5, 5.41) is 0. The summed E-state index contributed by atoms with van der Waals surface area (Å²) in [6.07, 6.45) is 8.68. The summed E-state index contributed by atoms with van der Waals surface area (Å²) in [6, 6.07) is 0.372. The van der Waals surface area contributed by atoms with Crippen LogP contribution in [0.3, 0.4) is 0 Å². The Labute approximate surface area is 117 Å². The van der Waals surface area contributed by atoms with Crippen LogP contribution in [-0.2, 0) is 0 Å². The number of aromatic nitrogens is 4. The van der Waals surface area contributed by atoms with Crippen molar-refractivity contribution in [1.29, 1.82) is 0 Å². The highest BCUT2D eigenvalue weighted by Crippen LogP contribution is 2.33. The summed E-state index contributed by atoms with van der Waals surface area (Å²) >= 11 is 0. The minimum absolute atomic E-state index is 0.0791. The Hall–Kier alpha value is -1.98. The molecule has 0 unspecified atom stereocenters. The molecule has 0 bridgehead atoms. The highest BCUT2D eigenvalue weighted by atomic mass is 19.1. The topological polar surface area (TPSA) is 69.6 Å². The Morgan fingerprint density at radius 1 is 1.20 bits per heavy atom. The molecule has 6 heteroatoms. The highest BCUT2D eigenvalue weighted by molar-refractivity contribution is 5.56. The summed E-state index contributed by atoms with van der Waals surface area (Å²) < 4.78 is 16.1. The van der Waals surface area contributed by atoms with Crippen LogP contribution in [0.5, 0.6) is 0 Å². The smallest absolute Gasteiger partial charge is 0.220 e. The fourth-order valence-corrected chi connectivity index (χ4v) is 2.99. The molecule has 0 spiro atoms. The van der Waals surface area contributed by atoms with Crippen molar-refractivity contribution in [2.45, 2.75) is 45.1 Å². The van der Waals surface area contributed by atoms with Crippen molar-refractivity contribution in [1.82, 2.24) is 19.5 Å². The number of rotatable bonds is 2. The zero-order valence-corrected chi connectivity index (χ0v) is 11.5. The van der Waals surface area contributed by atoms with Gasteiger partial charge in [0.1, 0.15) is 11.5 Å². The Morgan fingerprint density at radius 3 is 2.70 bits per heavy atom. The Kier molecular flexibility index (Phi) is 3.38. The largest absolute Gasteiger partial charge is 0.368 e. The molecular weight excluding hydrogens is 257 g/mol. The van der Waals surface area contributed by atoms with Gasteiger partial charge in [-0.1, -0.05) is 19.3 Å². The predicted octanol–water partition coefficient (Wildman–Crippen LogP) is 2.88. The molecule has 0 aromatic carbocycles. The lowest BCUT2D eigenvalue weighted by Crippen LogP contribution is -2.16. The molecule has 1 fully saturated rings. The Bertz CT molecular complexity index is 616. The molecule has 2 N–H and O–H groups in total. The minimum atomic E-state index is -0.462. The van der Waals surface area contributed by atoms with Crippen LogP contribution in [0.1, 0.15) is 44.0 Å². The summed E-state index contributed by atoms with van der Waals surface area (Å²) in [5.74, 6) is 0.509. The standard InChI is InChI=1S/C14H18FN5/c1-9-17-8-12(13-11(15)7-18-14(16)19-13)20(9)10-5-3-2-4-6-10/h7-8,10H,2-6H2,1H3,(H2,16,18,19). The van der Waals surface area contributed by atoms with Crippen LogP contribution >= 0.6 is 0 Å². The average molecular weight is 275 g/mol. The third-order valence-corrected chi connectivity index (χ3v) is 3.93. The van der Waals surface area contributed by atoms with Crippen molar-refractivity contribution < 1.29 is 4.39 Å². The van der Waals surface area contributed by atoms with Gasteiger partial charge in [0.25, 0.3) is 0 Å². The first-order chi connectivity index (χ1) is 9.66. The van der Waals surface area contributed by atoms with Crippen molar-refractivity contribution in [3.8, 4) is 11.4 Å². The summed E-state index contributed by atoms with van der Waals surface area (Å²) in [6.45, 7) is 1.94. The van der Waals surface area contributed by atoms with E-state index in [0.717, 1.165) is 24.9 Å². The zero-order chi connectivity index (χ0) is 14.1. The average Bonchev–Trinajstić information content (AvgIpc) is 2.84. The molecule has 0 aliphatic heterocycles. The molecular formula is C14H18FN5. The molecule has 5 nitrogen and oxygen atoms in total. The number of nitrogens with zero attached hydrogens (tertiary/aromatic N) is 4. The lowest BCUT2D eigenvalue weighted by atomic mass is 9.95. The van der Waals surface area contributed by atoms with E-state index in [1.165, 1.54) is 19.3 Å². The monoisotopic (exact) mass is 275 g/mol. The summed E-state index contributed by atoms with van der Waals surface area (Å²) in [7, 11) is 0. The number of nitrogens with two attached hydrogens (primary N) is 1. The minimum Gasteiger partial charge on any atom is -0.368 e. The molecule has 106 valence electrons. The number of anilines is 1. The second-order valence-electron chi connectivity index (χ2n) is 5.28. The maximum Gasteiger partial charge on any atom is 0.220 e. The number of hydrogen-bond donors (Lipinski definition) is 1. The van der Waals surface area contributed by atoms with E-state index in [1.54, 1.807) is 6.20 Å². The molecule has 1 aliphatic carbocycles. The van der Waals surface area contributed by atoms with Crippen molar-refractivity contribution in [3.63, 3.8) is 0 Å². The van der Waals surface area contributed by atoms with Crippen molar-refractivity contribution in [3.05, 3.63) is 24.0 Å². The first kappa shape index (κ1) is 13.0. The molecule has 20 heavy (non-hydrogen) atoms. The molecule has 2 aromatic rings. The molecule has 1 saturated carbocycles. The van der Waals surface area contributed by atoms with E-state index in [2.05, 4.69) is 19.5 Å². The number of nitrogen functional groups attached to an aromatic ring is 1. The number of aryl methyl sites for hydroxylation is 1. The van der Waals surface area contributed by atoms with Gasteiger partial charge in [0, 0.05) is 6.04 Å². The van der Waals surface area contributed by atoms with E-state index in [1.807, 2.05) is 6.92 Å². The molecule has 1 aliphatic rings. The van der Waals surface area contributed by atoms with Gasteiger partial charge >= 0.3 is 0 Å². The molecule has 3 rings (SSSR count).